The topological polar surface area (TPSA) is 76.7 Å². The molecule has 2 rings (SSSR count). The molecule has 0 radical (unpaired) electrons. The number of aromatic carboxylic acids is 1. The third-order valence-corrected chi connectivity index (χ3v) is 2.60. The second-order valence-corrected chi connectivity index (χ2v) is 4.46. The number of halogens is 1. The van der Waals surface area contributed by atoms with E-state index < -0.39 is 5.97 Å². The molecule has 1 N–H and O–H groups in total. The van der Waals surface area contributed by atoms with Crippen molar-refractivity contribution in [3.8, 4) is 0 Å². The van der Waals surface area contributed by atoms with E-state index >= 15 is 0 Å². The van der Waals surface area contributed by atoms with Crippen molar-refractivity contribution in [2.24, 2.45) is 0 Å². The summed E-state index contributed by atoms with van der Waals surface area (Å²) in [5.41, 5.74) is 0.502. The SMILES string of the molecule is CC(C)OCc1nnc2c(Cl)cc(C(=O)O)cn12. The average Bonchev–Trinajstić information content (AvgIpc) is 2.69. The minimum absolute atomic E-state index is 0.0514. The van der Waals surface area contributed by atoms with Gasteiger partial charge in [0.25, 0.3) is 0 Å². The van der Waals surface area contributed by atoms with Gasteiger partial charge < -0.3 is 9.84 Å². The van der Waals surface area contributed by atoms with Gasteiger partial charge >= 0.3 is 5.97 Å². The Bertz CT molecular complexity index is 594. The van der Waals surface area contributed by atoms with E-state index in [1.165, 1.54) is 16.7 Å². The quantitative estimate of drug-likeness (QED) is 0.919. The first-order chi connectivity index (χ1) is 8.49. The Morgan fingerprint density at radius 1 is 1.56 bits per heavy atom. The lowest BCUT2D eigenvalue weighted by Crippen LogP contribution is -2.06. The number of aromatic nitrogens is 3. The highest BCUT2D eigenvalue weighted by Crippen LogP contribution is 2.19. The summed E-state index contributed by atoms with van der Waals surface area (Å²) < 4.78 is 6.96. The maximum atomic E-state index is 11.0. The summed E-state index contributed by atoms with van der Waals surface area (Å²) in [5.74, 6) is -0.535. The molecule has 2 aromatic heterocycles. The van der Waals surface area contributed by atoms with Gasteiger partial charge in [-0.05, 0) is 19.9 Å². The largest absolute Gasteiger partial charge is 0.478 e. The number of carboxylic acids is 1. The maximum Gasteiger partial charge on any atom is 0.337 e. The summed E-state index contributed by atoms with van der Waals surface area (Å²) in [4.78, 5) is 11.0. The summed E-state index contributed by atoms with van der Waals surface area (Å²) in [5, 5.41) is 17.1. The van der Waals surface area contributed by atoms with E-state index in [-0.39, 0.29) is 23.3 Å². The minimum atomic E-state index is -1.05. The van der Waals surface area contributed by atoms with E-state index in [4.69, 9.17) is 21.4 Å². The third-order valence-electron chi connectivity index (χ3n) is 2.32. The first-order valence-electron chi connectivity index (χ1n) is 5.37. The molecule has 0 fully saturated rings. The highest BCUT2D eigenvalue weighted by atomic mass is 35.5. The second kappa shape index (κ2) is 4.91. The number of hydrogen-bond donors (Lipinski definition) is 1. The van der Waals surface area contributed by atoms with Gasteiger partial charge in [0.05, 0.1) is 16.7 Å². The fourth-order valence-corrected chi connectivity index (χ4v) is 1.70. The van der Waals surface area contributed by atoms with Crippen molar-refractivity contribution in [2.75, 3.05) is 0 Å². The van der Waals surface area contributed by atoms with E-state index in [2.05, 4.69) is 10.2 Å². The van der Waals surface area contributed by atoms with Crippen LogP contribution in [0, 0.1) is 0 Å². The van der Waals surface area contributed by atoms with Crippen LogP contribution in [0.15, 0.2) is 12.3 Å². The zero-order valence-corrected chi connectivity index (χ0v) is 10.7. The molecule has 0 bridgehead atoms. The summed E-state index contributed by atoms with van der Waals surface area (Å²) in [6, 6.07) is 1.35. The van der Waals surface area contributed by atoms with Crippen LogP contribution in [0.4, 0.5) is 0 Å². The number of nitrogens with zero attached hydrogens (tertiary/aromatic N) is 3. The lowest BCUT2D eigenvalue weighted by Gasteiger charge is -2.06. The fraction of sp³-hybridized carbons (Fsp3) is 0.364. The van der Waals surface area contributed by atoms with Gasteiger partial charge in [-0.25, -0.2) is 4.79 Å². The van der Waals surface area contributed by atoms with Crippen molar-refractivity contribution >= 4 is 23.2 Å². The average molecular weight is 270 g/mol. The van der Waals surface area contributed by atoms with E-state index in [1.54, 1.807) is 0 Å². The van der Waals surface area contributed by atoms with Crippen molar-refractivity contribution in [1.82, 2.24) is 14.6 Å². The molecule has 0 amide bonds. The van der Waals surface area contributed by atoms with Crippen molar-refractivity contribution in [1.29, 1.82) is 0 Å². The predicted octanol–water partition coefficient (Wildman–Crippen LogP) is 2.01. The standard InChI is InChI=1S/C11H12ClN3O3/c1-6(2)18-5-9-13-14-10-8(12)3-7(11(16)17)4-15(9)10/h3-4,6H,5H2,1-2H3,(H,16,17). The van der Waals surface area contributed by atoms with Crippen molar-refractivity contribution < 1.29 is 14.6 Å². The third kappa shape index (κ3) is 2.44. The molecule has 0 aliphatic heterocycles. The number of hydrogen-bond acceptors (Lipinski definition) is 4. The molecule has 6 nitrogen and oxygen atoms in total. The molecule has 96 valence electrons. The monoisotopic (exact) mass is 269 g/mol. The van der Waals surface area contributed by atoms with Crippen LogP contribution in [0.1, 0.15) is 30.0 Å². The molecule has 18 heavy (non-hydrogen) atoms. The van der Waals surface area contributed by atoms with Crippen LogP contribution in [-0.2, 0) is 11.3 Å². The first-order valence-corrected chi connectivity index (χ1v) is 5.75. The van der Waals surface area contributed by atoms with E-state index in [9.17, 15) is 4.79 Å². The van der Waals surface area contributed by atoms with Crippen molar-refractivity contribution in [3.63, 3.8) is 0 Å². The second-order valence-electron chi connectivity index (χ2n) is 4.05. The number of carboxylic acid groups (broad SMARTS) is 1. The Morgan fingerprint density at radius 3 is 2.89 bits per heavy atom. The van der Waals surface area contributed by atoms with Gasteiger partial charge in [0, 0.05) is 6.20 Å². The van der Waals surface area contributed by atoms with Crippen LogP contribution in [0.2, 0.25) is 5.02 Å². The summed E-state index contributed by atoms with van der Waals surface area (Å²) in [7, 11) is 0. The smallest absolute Gasteiger partial charge is 0.337 e. The molecule has 0 saturated carbocycles. The molecular weight excluding hydrogens is 258 g/mol. The number of carbonyl (C=O) groups is 1. The molecule has 0 aliphatic rings. The highest BCUT2D eigenvalue weighted by Gasteiger charge is 2.13. The molecule has 0 atom stereocenters. The Labute approximate surface area is 108 Å². The molecule has 0 aromatic carbocycles. The molecule has 0 unspecified atom stereocenters. The van der Waals surface area contributed by atoms with E-state index in [0.717, 1.165) is 0 Å². The van der Waals surface area contributed by atoms with E-state index in [0.29, 0.717) is 11.5 Å². The van der Waals surface area contributed by atoms with Gasteiger partial charge in [-0.1, -0.05) is 11.6 Å². The van der Waals surface area contributed by atoms with Crippen molar-refractivity contribution in [2.45, 2.75) is 26.6 Å². The number of pyridine rings is 1. The molecule has 2 heterocycles. The number of ether oxygens (including phenoxy) is 1. The summed E-state index contributed by atoms with van der Waals surface area (Å²) >= 11 is 5.95. The van der Waals surface area contributed by atoms with Crippen LogP contribution in [0.3, 0.4) is 0 Å². The van der Waals surface area contributed by atoms with Gasteiger partial charge in [0.15, 0.2) is 11.5 Å². The predicted molar refractivity (Wildman–Crippen MR) is 64.9 cm³/mol. The van der Waals surface area contributed by atoms with Crippen molar-refractivity contribution in [3.05, 3.63) is 28.7 Å². The van der Waals surface area contributed by atoms with Gasteiger partial charge in [-0.15, -0.1) is 10.2 Å². The Balaban J connectivity index is 2.46. The molecular formula is C11H12ClN3O3. The highest BCUT2D eigenvalue weighted by molar-refractivity contribution is 6.33. The molecule has 2 aromatic rings. The minimum Gasteiger partial charge on any atom is -0.478 e. The number of rotatable bonds is 4. The maximum absolute atomic E-state index is 11.0. The molecule has 0 aliphatic carbocycles. The molecule has 7 heteroatoms. The lowest BCUT2D eigenvalue weighted by molar-refractivity contribution is 0.0606. The Kier molecular flexibility index (Phi) is 3.49. The zero-order valence-electron chi connectivity index (χ0n) is 9.92. The zero-order chi connectivity index (χ0) is 13.3. The van der Waals surface area contributed by atoms with Crippen LogP contribution in [0.25, 0.3) is 5.65 Å². The fourth-order valence-electron chi connectivity index (χ4n) is 1.46. The van der Waals surface area contributed by atoms with Gasteiger partial charge in [-0.2, -0.15) is 0 Å². The van der Waals surface area contributed by atoms with Crippen LogP contribution in [0.5, 0.6) is 0 Å². The van der Waals surface area contributed by atoms with E-state index in [1.807, 2.05) is 13.8 Å². The van der Waals surface area contributed by atoms with Crippen LogP contribution >= 0.6 is 11.6 Å². The van der Waals surface area contributed by atoms with Gasteiger partial charge in [-0.3, -0.25) is 4.40 Å². The lowest BCUT2D eigenvalue weighted by atomic mass is 10.3. The summed E-state index contributed by atoms with van der Waals surface area (Å²) in [6.07, 6.45) is 1.48. The summed E-state index contributed by atoms with van der Waals surface area (Å²) in [6.45, 7) is 4.05. The van der Waals surface area contributed by atoms with Crippen LogP contribution < -0.4 is 0 Å². The van der Waals surface area contributed by atoms with Gasteiger partial charge in [0.1, 0.15) is 6.61 Å². The number of fused-ring (bicyclic) bond motifs is 1. The van der Waals surface area contributed by atoms with Gasteiger partial charge in [0.2, 0.25) is 0 Å². The first kappa shape index (κ1) is 12.8. The normalized spacial score (nSPS) is 11.3. The Morgan fingerprint density at radius 2 is 2.28 bits per heavy atom. The van der Waals surface area contributed by atoms with Crippen LogP contribution in [-0.4, -0.2) is 31.8 Å². The molecule has 0 saturated heterocycles. The Hall–Kier alpha value is -1.66. The molecule has 0 spiro atoms.